The first-order valence-corrected chi connectivity index (χ1v) is 4.29. The summed E-state index contributed by atoms with van der Waals surface area (Å²) in [5.41, 5.74) is 4.98. The number of hydrogen-bond acceptors (Lipinski definition) is 6. The van der Waals surface area contributed by atoms with Gasteiger partial charge in [0.2, 0.25) is 0 Å². The van der Waals surface area contributed by atoms with Crippen LogP contribution in [0.5, 0.6) is 0 Å². The van der Waals surface area contributed by atoms with Gasteiger partial charge in [-0.3, -0.25) is 5.43 Å². The minimum absolute atomic E-state index is 0.657. The molecular weight excluding hydrogens is 168 g/mol. The van der Waals surface area contributed by atoms with E-state index >= 15 is 0 Å². The van der Waals surface area contributed by atoms with Crippen molar-refractivity contribution in [2.75, 3.05) is 19.8 Å². The van der Waals surface area contributed by atoms with Crippen LogP contribution in [0.3, 0.4) is 0 Å². The maximum atomic E-state index is 4.23. The predicted molar refractivity (Wildman–Crippen MR) is 48.8 cm³/mol. The highest BCUT2D eigenvalue weighted by atomic mass is 15.6. The topological polar surface area (TPSA) is 64.0 Å². The van der Waals surface area contributed by atoms with Crippen LogP contribution in [-0.2, 0) is 0 Å². The molecule has 0 amide bonds. The van der Waals surface area contributed by atoms with E-state index in [-0.39, 0.29) is 0 Å². The third kappa shape index (κ3) is 0.881. The van der Waals surface area contributed by atoms with E-state index < -0.39 is 0 Å². The molecule has 0 fully saturated rings. The van der Waals surface area contributed by atoms with Crippen LogP contribution in [0.15, 0.2) is 21.6 Å². The zero-order valence-corrected chi connectivity index (χ0v) is 7.04. The highest BCUT2D eigenvalue weighted by molar-refractivity contribution is 6.05. The fraction of sp³-hybridized carbons (Fsp3) is 0.429. The third-order valence-electron chi connectivity index (χ3n) is 2.21. The maximum absolute atomic E-state index is 4.23. The van der Waals surface area contributed by atoms with Gasteiger partial charge in [0.05, 0.1) is 11.9 Å². The molecule has 6 heteroatoms. The Morgan fingerprint density at radius 2 is 2.23 bits per heavy atom. The highest BCUT2D eigenvalue weighted by Gasteiger charge is 2.27. The lowest BCUT2D eigenvalue weighted by atomic mass is 10.2. The van der Waals surface area contributed by atoms with Crippen molar-refractivity contribution in [3.63, 3.8) is 0 Å². The summed E-state index contributed by atoms with van der Waals surface area (Å²) in [6.07, 6.45) is 1.83. The normalized spacial score (nSPS) is 24.0. The second-order valence-corrected chi connectivity index (χ2v) is 3.04. The summed E-state index contributed by atoms with van der Waals surface area (Å²) < 4.78 is 0. The molecule has 3 aliphatic heterocycles. The van der Waals surface area contributed by atoms with E-state index in [1.54, 1.807) is 0 Å². The molecule has 0 aromatic carbocycles. The molecule has 3 aliphatic rings. The van der Waals surface area contributed by atoms with Gasteiger partial charge in [-0.25, -0.2) is 5.01 Å². The van der Waals surface area contributed by atoms with Gasteiger partial charge in [-0.15, -0.1) is 0 Å². The first-order chi connectivity index (χ1) is 6.45. The second-order valence-electron chi connectivity index (χ2n) is 3.04. The van der Waals surface area contributed by atoms with Gasteiger partial charge in [-0.2, -0.15) is 10.2 Å². The Kier molecular flexibility index (Phi) is 1.24. The Labute approximate surface area is 75.4 Å². The number of rotatable bonds is 0. The quantitative estimate of drug-likeness (QED) is 0.425. The lowest BCUT2D eigenvalue weighted by molar-refractivity contribution is 0.444. The van der Waals surface area contributed by atoms with Crippen LogP contribution in [0, 0.1) is 0 Å². The van der Waals surface area contributed by atoms with Crippen LogP contribution in [0.4, 0.5) is 0 Å². The van der Waals surface area contributed by atoms with Crippen molar-refractivity contribution in [3.05, 3.63) is 11.4 Å². The van der Waals surface area contributed by atoms with Crippen molar-refractivity contribution < 1.29 is 0 Å². The van der Waals surface area contributed by atoms with E-state index in [2.05, 4.69) is 26.3 Å². The summed E-state index contributed by atoms with van der Waals surface area (Å²) in [4.78, 5) is 0. The van der Waals surface area contributed by atoms with E-state index in [0.717, 1.165) is 30.3 Å². The molecule has 68 valence electrons. The number of fused-ring (bicyclic) bond motifs is 2. The Balaban J connectivity index is 2.05. The predicted octanol–water partition coefficient (Wildman–Crippen LogP) is -1.43. The molecule has 0 saturated carbocycles. The number of hydrogen-bond donors (Lipinski definition) is 3. The number of nitrogens with zero attached hydrogens (tertiary/aromatic N) is 3. The lowest BCUT2D eigenvalue weighted by Crippen LogP contribution is -2.44. The van der Waals surface area contributed by atoms with E-state index in [1.807, 2.05) is 11.2 Å². The van der Waals surface area contributed by atoms with Crippen LogP contribution in [0.2, 0.25) is 0 Å². The summed E-state index contributed by atoms with van der Waals surface area (Å²) in [5, 5.41) is 16.8. The standard InChI is InChI=1S/C7H10N6/c1-2-9-6-5(8-1)3-11-13-4-10-12-7(6)13/h3,8-10H,1-2,4H2. The van der Waals surface area contributed by atoms with Gasteiger partial charge in [0.1, 0.15) is 12.4 Å². The molecular formula is C7H10N6. The van der Waals surface area contributed by atoms with E-state index in [1.165, 1.54) is 0 Å². The SMILES string of the molecule is C1=NN2CNN=C2C2=C1NCCN2. The Morgan fingerprint density at radius 1 is 1.31 bits per heavy atom. The highest BCUT2D eigenvalue weighted by Crippen LogP contribution is 2.14. The van der Waals surface area contributed by atoms with Crippen molar-refractivity contribution >= 4 is 12.1 Å². The number of amidine groups is 1. The van der Waals surface area contributed by atoms with Crippen molar-refractivity contribution in [1.82, 2.24) is 21.1 Å². The minimum atomic E-state index is 0.657. The summed E-state index contributed by atoms with van der Waals surface area (Å²) in [6.45, 7) is 2.52. The second kappa shape index (κ2) is 2.38. The van der Waals surface area contributed by atoms with Gasteiger partial charge in [-0.05, 0) is 0 Å². The number of hydrazone groups is 2. The first-order valence-electron chi connectivity index (χ1n) is 4.29. The molecule has 3 rings (SSSR count). The minimum Gasteiger partial charge on any atom is -0.380 e. The van der Waals surface area contributed by atoms with E-state index in [4.69, 9.17) is 0 Å². The fourth-order valence-electron chi connectivity index (χ4n) is 1.60. The van der Waals surface area contributed by atoms with Gasteiger partial charge >= 0.3 is 0 Å². The molecule has 0 atom stereocenters. The lowest BCUT2D eigenvalue weighted by Gasteiger charge is -2.27. The first kappa shape index (κ1) is 6.76. The van der Waals surface area contributed by atoms with E-state index in [9.17, 15) is 0 Å². The average molecular weight is 178 g/mol. The fourth-order valence-corrected chi connectivity index (χ4v) is 1.60. The van der Waals surface area contributed by atoms with Crippen LogP contribution >= 0.6 is 0 Å². The van der Waals surface area contributed by atoms with Crippen LogP contribution in [0.1, 0.15) is 0 Å². The van der Waals surface area contributed by atoms with E-state index in [0.29, 0.717) is 6.67 Å². The molecule has 13 heavy (non-hydrogen) atoms. The summed E-state index contributed by atoms with van der Waals surface area (Å²) in [7, 11) is 0. The zero-order valence-electron chi connectivity index (χ0n) is 7.04. The van der Waals surface area contributed by atoms with Crippen molar-refractivity contribution in [2.24, 2.45) is 10.2 Å². The Bertz CT molecular complexity index is 328. The van der Waals surface area contributed by atoms with Crippen molar-refractivity contribution in [3.8, 4) is 0 Å². The maximum Gasteiger partial charge on any atom is 0.196 e. The molecule has 0 radical (unpaired) electrons. The molecule has 0 aromatic rings. The molecule has 6 nitrogen and oxygen atoms in total. The van der Waals surface area contributed by atoms with Crippen molar-refractivity contribution in [1.29, 1.82) is 0 Å². The summed E-state index contributed by atoms with van der Waals surface area (Å²) in [6, 6.07) is 0. The molecule has 0 bridgehead atoms. The molecule has 3 N–H and O–H groups in total. The molecule has 0 unspecified atom stereocenters. The molecule has 0 aromatic heterocycles. The van der Waals surface area contributed by atoms with Crippen LogP contribution < -0.4 is 16.1 Å². The zero-order chi connectivity index (χ0) is 8.67. The molecule has 0 spiro atoms. The Hall–Kier alpha value is -1.72. The third-order valence-corrected chi connectivity index (χ3v) is 2.21. The van der Waals surface area contributed by atoms with Gasteiger partial charge in [0, 0.05) is 13.1 Å². The van der Waals surface area contributed by atoms with Gasteiger partial charge in [-0.1, -0.05) is 0 Å². The number of allylic oxidation sites excluding steroid dienone is 1. The summed E-state index contributed by atoms with van der Waals surface area (Å²) >= 11 is 0. The Morgan fingerprint density at radius 3 is 3.23 bits per heavy atom. The van der Waals surface area contributed by atoms with Gasteiger partial charge in [0.15, 0.2) is 5.84 Å². The smallest absolute Gasteiger partial charge is 0.196 e. The van der Waals surface area contributed by atoms with Gasteiger partial charge in [0.25, 0.3) is 0 Å². The molecule has 3 heterocycles. The van der Waals surface area contributed by atoms with Crippen molar-refractivity contribution in [2.45, 2.75) is 0 Å². The van der Waals surface area contributed by atoms with Crippen LogP contribution in [-0.4, -0.2) is 36.8 Å². The summed E-state index contributed by atoms with van der Waals surface area (Å²) in [5.74, 6) is 0.879. The number of nitrogens with one attached hydrogen (secondary N) is 3. The van der Waals surface area contributed by atoms with Crippen LogP contribution in [0.25, 0.3) is 0 Å². The monoisotopic (exact) mass is 178 g/mol. The average Bonchev–Trinajstić information content (AvgIpc) is 2.65. The largest absolute Gasteiger partial charge is 0.380 e. The molecule has 0 saturated heterocycles. The van der Waals surface area contributed by atoms with Gasteiger partial charge < -0.3 is 10.6 Å². The molecule has 0 aliphatic carbocycles.